The maximum Gasteiger partial charge on any atom is 0.253 e. The minimum Gasteiger partial charge on any atom is -0.397 e. The number of nitrogens with zero attached hydrogens (tertiary/aromatic N) is 1. The molecule has 3 N–H and O–H groups in total. The van der Waals surface area contributed by atoms with Crippen LogP contribution in [-0.2, 0) is 10.8 Å². The number of nitrogens with two attached hydrogens (primary N) is 1. The number of carbonyl (C=O) groups excluding carboxylic acids is 1. The molecular formula is C10H15N3O2S. The highest BCUT2D eigenvalue weighted by Gasteiger charge is 2.12. The second-order valence-corrected chi connectivity index (χ2v) is 5.06. The summed E-state index contributed by atoms with van der Waals surface area (Å²) < 4.78 is 11.0. The van der Waals surface area contributed by atoms with E-state index in [1.54, 1.807) is 19.2 Å². The Labute approximate surface area is 96.9 Å². The van der Waals surface area contributed by atoms with Crippen LogP contribution in [0, 0.1) is 0 Å². The fourth-order valence-corrected chi connectivity index (χ4v) is 2.10. The van der Waals surface area contributed by atoms with E-state index in [0.29, 0.717) is 17.0 Å². The first kappa shape index (κ1) is 12.6. The molecule has 1 amide bonds. The molecule has 16 heavy (non-hydrogen) atoms. The summed E-state index contributed by atoms with van der Waals surface area (Å²) in [5.74, 6) is 0.161. The monoisotopic (exact) mass is 241 g/mol. The van der Waals surface area contributed by atoms with Gasteiger partial charge in [0.15, 0.2) is 0 Å². The lowest BCUT2D eigenvalue weighted by atomic mass is 10.2. The van der Waals surface area contributed by atoms with Gasteiger partial charge in [-0.3, -0.25) is 14.0 Å². The van der Waals surface area contributed by atoms with Crippen molar-refractivity contribution in [2.75, 3.05) is 17.7 Å². The van der Waals surface area contributed by atoms with Gasteiger partial charge in [0.05, 0.1) is 17.4 Å². The highest BCUT2D eigenvalue weighted by molar-refractivity contribution is 7.84. The molecule has 1 rings (SSSR count). The molecule has 0 saturated heterocycles. The van der Waals surface area contributed by atoms with E-state index in [-0.39, 0.29) is 11.9 Å². The van der Waals surface area contributed by atoms with Gasteiger partial charge >= 0.3 is 0 Å². The Kier molecular flexibility index (Phi) is 4.42. The van der Waals surface area contributed by atoms with E-state index >= 15 is 0 Å². The largest absolute Gasteiger partial charge is 0.397 e. The number of hydrogen-bond acceptors (Lipinski definition) is 4. The number of amides is 1. The lowest BCUT2D eigenvalue weighted by Gasteiger charge is -2.13. The Bertz CT molecular complexity index is 409. The number of hydrogen-bond donors (Lipinski definition) is 2. The Morgan fingerprint density at radius 1 is 1.69 bits per heavy atom. The number of nitrogen functional groups attached to an aromatic ring is 1. The van der Waals surface area contributed by atoms with Crippen LogP contribution in [0.2, 0.25) is 0 Å². The Balaban J connectivity index is 2.66. The van der Waals surface area contributed by atoms with Crippen LogP contribution in [0.3, 0.4) is 0 Å². The van der Waals surface area contributed by atoms with E-state index in [2.05, 4.69) is 10.3 Å². The van der Waals surface area contributed by atoms with E-state index < -0.39 is 10.8 Å². The van der Waals surface area contributed by atoms with Crippen LogP contribution >= 0.6 is 0 Å². The molecule has 0 radical (unpaired) electrons. The van der Waals surface area contributed by atoms with Crippen molar-refractivity contribution < 1.29 is 9.00 Å². The topological polar surface area (TPSA) is 85.1 Å². The van der Waals surface area contributed by atoms with Crippen molar-refractivity contribution in [3.63, 3.8) is 0 Å². The molecule has 1 aromatic heterocycles. The van der Waals surface area contributed by atoms with Gasteiger partial charge in [0.1, 0.15) is 0 Å². The minimum absolute atomic E-state index is 0.147. The maximum absolute atomic E-state index is 11.7. The highest BCUT2D eigenvalue weighted by atomic mass is 32.2. The van der Waals surface area contributed by atoms with Gasteiger partial charge in [-0.15, -0.1) is 0 Å². The van der Waals surface area contributed by atoms with Crippen molar-refractivity contribution in [3.8, 4) is 0 Å². The van der Waals surface area contributed by atoms with Crippen molar-refractivity contribution in [1.82, 2.24) is 10.3 Å². The average Bonchev–Trinajstić information content (AvgIpc) is 2.16. The summed E-state index contributed by atoms with van der Waals surface area (Å²) in [4.78, 5) is 15.5. The van der Waals surface area contributed by atoms with Crippen molar-refractivity contribution in [1.29, 1.82) is 0 Å². The minimum atomic E-state index is -0.932. The molecule has 1 aromatic rings. The molecule has 0 saturated carbocycles. The van der Waals surface area contributed by atoms with Crippen LogP contribution in [0.1, 0.15) is 17.3 Å². The summed E-state index contributed by atoms with van der Waals surface area (Å²) in [6.45, 7) is 1.80. The van der Waals surface area contributed by atoms with Gasteiger partial charge < -0.3 is 11.1 Å². The fourth-order valence-electron chi connectivity index (χ4n) is 1.31. The number of rotatable bonds is 4. The summed E-state index contributed by atoms with van der Waals surface area (Å²) >= 11 is 0. The summed E-state index contributed by atoms with van der Waals surface area (Å²) in [5, 5.41) is 2.73. The maximum atomic E-state index is 11.7. The van der Waals surface area contributed by atoms with E-state index in [1.807, 2.05) is 0 Å². The molecule has 1 heterocycles. The quantitative estimate of drug-likeness (QED) is 0.786. The first-order chi connectivity index (χ1) is 7.50. The Hall–Kier alpha value is -1.43. The first-order valence-electron chi connectivity index (χ1n) is 4.81. The van der Waals surface area contributed by atoms with Gasteiger partial charge in [-0.1, -0.05) is 0 Å². The third-order valence-electron chi connectivity index (χ3n) is 1.96. The molecular weight excluding hydrogens is 226 g/mol. The normalized spacial score (nSPS) is 14.1. The Morgan fingerprint density at radius 2 is 2.38 bits per heavy atom. The van der Waals surface area contributed by atoms with Crippen LogP contribution < -0.4 is 11.1 Å². The SMILES string of the molecule is CC(CS(C)=O)NC(=O)c1ccncc1N. The number of carbonyl (C=O) groups is 1. The van der Waals surface area contributed by atoms with Gasteiger partial charge in [-0.2, -0.15) is 0 Å². The van der Waals surface area contributed by atoms with Gasteiger partial charge in [0.2, 0.25) is 0 Å². The standard InChI is InChI=1S/C10H15N3O2S/c1-7(6-16(2)15)13-10(14)8-3-4-12-5-9(8)11/h3-5,7H,6,11H2,1-2H3,(H,13,14). The summed E-state index contributed by atoms with van der Waals surface area (Å²) in [5.41, 5.74) is 6.35. The number of anilines is 1. The fraction of sp³-hybridized carbons (Fsp3) is 0.400. The van der Waals surface area contributed by atoms with E-state index in [9.17, 15) is 9.00 Å². The van der Waals surface area contributed by atoms with E-state index in [0.717, 1.165) is 0 Å². The molecule has 5 nitrogen and oxygen atoms in total. The smallest absolute Gasteiger partial charge is 0.253 e. The average molecular weight is 241 g/mol. The van der Waals surface area contributed by atoms with Gasteiger partial charge in [0, 0.05) is 35.0 Å². The lowest BCUT2D eigenvalue weighted by molar-refractivity contribution is 0.0944. The molecule has 0 aromatic carbocycles. The van der Waals surface area contributed by atoms with Crippen molar-refractivity contribution in [2.24, 2.45) is 0 Å². The lowest BCUT2D eigenvalue weighted by Crippen LogP contribution is -2.36. The predicted octanol–water partition coefficient (Wildman–Crippen LogP) is 0.161. The summed E-state index contributed by atoms with van der Waals surface area (Å²) in [6, 6.07) is 1.41. The van der Waals surface area contributed by atoms with Crippen molar-refractivity contribution >= 4 is 22.4 Å². The molecule has 0 spiro atoms. The number of nitrogens with one attached hydrogen (secondary N) is 1. The molecule has 88 valence electrons. The third kappa shape index (κ3) is 3.62. The molecule has 6 heteroatoms. The van der Waals surface area contributed by atoms with Crippen molar-refractivity contribution in [2.45, 2.75) is 13.0 Å². The Morgan fingerprint density at radius 3 is 2.94 bits per heavy atom. The molecule has 0 bridgehead atoms. The van der Waals surface area contributed by atoms with Crippen LogP contribution in [0.15, 0.2) is 18.5 Å². The van der Waals surface area contributed by atoms with Crippen LogP contribution in [0.25, 0.3) is 0 Å². The van der Waals surface area contributed by atoms with Gasteiger partial charge in [-0.05, 0) is 13.0 Å². The molecule has 0 aliphatic rings. The summed E-state index contributed by atoms with van der Waals surface area (Å²) in [6.07, 6.45) is 4.54. The van der Waals surface area contributed by atoms with Gasteiger partial charge in [0.25, 0.3) is 5.91 Å². The molecule has 2 atom stereocenters. The summed E-state index contributed by atoms with van der Waals surface area (Å²) in [7, 11) is -0.932. The second kappa shape index (κ2) is 5.60. The molecule has 0 fully saturated rings. The molecule has 0 aliphatic heterocycles. The second-order valence-electron chi connectivity index (χ2n) is 3.58. The van der Waals surface area contributed by atoms with E-state index in [4.69, 9.17) is 5.73 Å². The third-order valence-corrected chi connectivity index (χ3v) is 2.93. The zero-order valence-corrected chi connectivity index (χ0v) is 10.1. The molecule has 2 unspecified atom stereocenters. The van der Waals surface area contributed by atoms with Gasteiger partial charge in [-0.25, -0.2) is 0 Å². The van der Waals surface area contributed by atoms with Crippen LogP contribution in [0.4, 0.5) is 5.69 Å². The van der Waals surface area contributed by atoms with Crippen LogP contribution in [-0.4, -0.2) is 33.2 Å². The highest BCUT2D eigenvalue weighted by Crippen LogP contribution is 2.08. The van der Waals surface area contributed by atoms with Crippen LogP contribution in [0.5, 0.6) is 0 Å². The number of pyridine rings is 1. The zero-order valence-electron chi connectivity index (χ0n) is 9.27. The predicted molar refractivity (Wildman–Crippen MR) is 64.5 cm³/mol. The first-order valence-corrected chi connectivity index (χ1v) is 6.53. The molecule has 0 aliphatic carbocycles. The number of aromatic nitrogens is 1. The zero-order chi connectivity index (χ0) is 12.1. The van der Waals surface area contributed by atoms with E-state index in [1.165, 1.54) is 12.4 Å². The van der Waals surface area contributed by atoms with Crippen molar-refractivity contribution in [3.05, 3.63) is 24.0 Å².